The van der Waals surface area contributed by atoms with E-state index in [1.54, 1.807) is 13.3 Å². The van der Waals surface area contributed by atoms with E-state index < -0.39 is 0 Å². The van der Waals surface area contributed by atoms with Crippen molar-refractivity contribution in [2.45, 2.75) is 25.7 Å². The molecule has 7 nitrogen and oxygen atoms in total. The second kappa shape index (κ2) is 9.47. The van der Waals surface area contributed by atoms with Crippen LogP contribution in [0.2, 0.25) is 0 Å². The zero-order valence-corrected chi connectivity index (χ0v) is 17.8. The van der Waals surface area contributed by atoms with Gasteiger partial charge < -0.3 is 20.4 Å². The van der Waals surface area contributed by atoms with Gasteiger partial charge in [-0.1, -0.05) is 35.9 Å². The number of hydrogen-bond donors (Lipinski definition) is 3. The number of nitrogens with zero attached hydrogens (tertiary/aromatic N) is 2. The fourth-order valence-corrected chi connectivity index (χ4v) is 3.68. The van der Waals surface area contributed by atoms with Gasteiger partial charge in [0.05, 0.1) is 5.69 Å². The number of anilines is 1. The molecule has 1 aliphatic heterocycles. The molecule has 4 rings (SSSR count). The number of amides is 1. The molecular weight excluding hydrogens is 390 g/mol. The highest BCUT2D eigenvalue weighted by molar-refractivity contribution is 5.94. The predicted octanol–water partition coefficient (Wildman–Crippen LogP) is 3.48. The van der Waals surface area contributed by atoms with Gasteiger partial charge >= 0.3 is 0 Å². The van der Waals surface area contributed by atoms with Gasteiger partial charge in [0.1, 0.15) is 6.26 Å². The zero-order chi connectivity index (χ0) is 21.6. The third kappa shape index (κ3) is 5.12. The summed E-state index contributed by atoms with van der Waals surface area (Å²) in [5.41, 5.74) is 5.10. The summed E-state index contributed by atoms with van der Waals surface area (Å²) in [6.45, 7) is 3.35. The van der Waals surface area contributed by atoms with E-state index in [-0.39, 0.29) is 11.8 Å². The van der Waals surface area contributed by atoms with E-state index in [4.69, 9.17) is 4.42 Å². The van der Waals surface area contributed by atoms with Crippen LogP contribution in [0.5, 0.6) is 0 Å². The Balaban J connectivity index is 1.28. The van der Waals surface area contributed by atoms with Crippen LogP contribution in [-0.4, -0.2) is 37.0 Å². The molecule has 3 aromatic rings. The van der Waals surface area contributed by atoms with Crippen LogP contribution in [0, 0.1) is 6.92 Å². The summed E-state index contributed by atoms with van der Waals surface area (Å²) in [4.78, 5) is 20.9. The lowest BCUT2D eigenvalue weighted by molar-refractivity contribution is -0.116. The summed E-state index contributed by atoms with van der Waals surface area (Å²) in [7, 11) is 1.74. The van der Waals surface area contributed by atoms with Crippen LogP contribution in [0.25, 0.3) is 11.5 Å². The van der Waals surface area contributed by atoms with Gasteiger partial charge in [0.15, 0.2) is 5.96 Å². The van der Waals surface area contributed by atoms with Crippen molar-refractivity contribution in [2.24, 2.45) is 4.99 Å². The minimum Gasteiger partial charge on any atom is -0.444 e. The minimum atomic E-state index is 0.0452. The molecule has 1 amide bonds. The van der Waals surface area contributed by atoms with Crippen LogP contribution in [0.4, 0.5) is 5.69 Å². The number of nitrogens with one attached hydrogen (secondary N) is 3. The molecule has 1 aliphatic rings. The van der Waals surface area contributed by atoms with Crippen molar-refractivity contribution in [1.29, 1.82) is 0 Å². The summed E-state index contributed by atoms with van der Waals surface area (Å²) in [6.07, 6.45) is 2.87. The molecule has 0 spiro atoms. The molecule has 31 heavy (non-hydrogen) atoms. The smallest absolute Gasteiger partial charge is 0.226 e. The number of aryl methyl sites for hydroxylation is 1. The Bertz CT molecular complexity index is 1070. The normalized spacial score (nSPS) is 15.9. The molecule has 1 atom stereocenters. The number of rotatable bonds is 6. The summed E-state index contributed by atoms with van der Waals surface area (Å²) >= 11 is 0. The molecule has 1 aromatic heterocycles. The summed E-state index contributed by atoms with van der Waals surface area (Å²) < 4.78 is 5.62. The third-order valence-corrected chi connectivity index (χ3v) is 5.37. The van der Waals surface area contributed by atoms with Gasteiger partial charge in [0.25, 0.3) is 0 Å². The Morgan fingerprint density at radius 1 is 1.19 bits per heavy atom. The molecule has 0 aliphatic carbocycles. The molecule has 0 bridgehead atoms. The van der Waals surface area contributed by atoms with Crippen LogP contribution < -0.4 is 16.0 Å². The van der Waals surface area contributed by atoms with Crippen molar-refractivity contribution in [3.05, 3.63) is 71.6 Å². The molecule has 3 N–H and O–H groups in total. The topological polar surface area (TPSA) is 91.6 Å². The van der Waals surface area contributed by atoms with E-state index in [1.165, 1.54) is 5.56 Å². The third-order valence-electron chi connectivity index (χ3n) is 5.37. The van der Waals surface area contributed by atoms with E-state index >= 15 is 0 Å². The van der Waals surface area contributed by atoms with Gasteiger partial charge in [-0.3, -0.25) is 9.79 Å². The molecule has 0 radical (unpaired) electrons. The average molecular weight is 418 g/mol. The first-order valence-electron chi connectivity index (χ1n) is 10.5. The van der Waals surface area contributed by atoms with Crippen LogP contribution in [0.1, 0.15) is 29.2 Å². The van der Waals surface area contributed by atoms with E-state index in [0.29, 0.717) is 37.8 Å². The second-order valence-electron chi connectivity index (χ2n) is 7.68. The van der Waals surface area contributed by atoms with Crippen molar-refractivity contribution in [2.75, 3.05) is 25.5 Å². The first kappa shape index (κ1) is 20.7. The predicted molar refractivity (Wildman–Crippen MR) is 122 cm³/mol. The Hall–Kier alpha value is -3.61. The molecule has 1 unspecified atom stereocenters. The van der Waals surface area contributed by atoms with E-state index in [2.05, 4.69) is 38.9 Å². The lowest BCUT2D eigenvalue weighted by Gasteiger charge is -2.26. The van der Waals surface area contributed by atoms with Crippen LogP contribution in [0.3, 0.4) is 0 Å². The lowest BCUT2D eigenvalue weighted by atomic mass is 9.90. The fraction of sp³-hybridized carbons (Fsp3) is 0.292. The van der Waals surface area contributed by atoms with E-state index in [1.807, 2.05) is 42.5 Å². The van der Waals surface area contributed by atoms with Gasteiger partial charge in [0.2, 0.25) is 11.8 Å². The quantitative estimate of drug-likeness (QED) is 0.422. The van der Waals surface area contributed by atoms with Crippen molar-refractivity contribution in [3.8, 4) is 11.5 Å². The number of fused-ring (bicyclic) bond motifs is 1. The largest absolute Gasteiger partial charge is 0.444 e. The molecular formula is C24H27N5O2. The number of guanidine groups is 1. The zero-order valence-electron chi connectivity index (χ0n) is 17.8. The highest BCUT2D eigenvalue weighted by Gasteiger charge is 2.24. The minimum absolute atomic E-state index is 0.0452. The number of carbonyl (C=O) groups excluding carboxylic acids is 1. The first-order valence-corrected chi connectivity index (χ1v) is 10.5. The summed E-state index contributed by atoms with van der Waals surface area (Å²) in [5.74, 6) is 1.48. The maximum atomic E-state index is 12.0. The van der Waals surface area contributed by atoms with Gasteiger partial charge in [-0.2, -0.15) is 0 Å². The SMILES string of the molecule is CN=C(NCCc1coc(-c2ccc(C)cc2)n1)NCC1CC(=O)Nc2ccccc21. The lowest BCUT2D eigenvalue weighted by Crippen LogP contribution is -2.41. The molecule has 0 saturated heterocycles. The highest BCUT2D eigenvalue weighted by atomic mass is 16.3. The van der Waals surface area contributed by atoms with Crippen LogP contribution in [-0.2, 0) is 11.2 Å². The van der Waals surface area contributed by atoms with Crippen molar-refractivity contribution < 1.29 is 9.21 Å². The molecule has 160 valence electrons. The monoisotopic (exact) mass is 417 g/mol. The Kier molecular flexibility index (Phi) is 6.31. The number of hydrogen-bond acceptors (Lipinski definition) is 4. The van der Waals surface area contributed by atoms with Gasteiger partial charge in [-0.25, -0.2) is 4.98 Å². The Morgan fingerprint density at radius 2 is 2.00 bits per heavy atom. The number of benzene rings is 2. The highest BCUT2D eigenvalue weighted by Crippen LogP contribution is 2.31. The fourth-order valence-electron chi connectivity index (χ4n) is 3.68. The first-order chi connectivity index (χ1) is 15.1. The Morgan fingerprint density at radius 3 is 2.81 bits per heavy atom. The van der Waals surface area contributed by atoms with E-state index in [0.717, 1.165) is 22.5 Å². The molecule has 2 aromatic carbocycles. The van der Waals surface area contributed by atoms with Crippen molar-refractivity contribution in [3.63, 3.8) is 0 Å². The van der Waals surface area contributed by atoms with Crippen LogP contribution >= 0.6 is 0 Å². The summed E-state index contributed by atoms with van der Waals surface area (Å²) in [5, 5.41) is 9.58. The van der Waals surface area contributed by atoms with Crippen LogP contribution in [0.15, 0.2) is 64.2 Å². The number of aromatic nitrogens is 1. The maximum Gasteiger partial charge on any atom is 0.226 e. The average Bonchev–Trinajstić information content (AvgIpc) is 3.25. The van der Waals surface area contributed by atoms with Crippen molar-refractivity contribution in [1.82, 2.24) is 15.6 Å². The van der Waals surface area contributed by atoms with Crippen molar-refractivity contribution >= 4 is 17.6 Å². The van der Waals surface area contributed by atoms with Gasteiger partial charge in [-0.15, -0.1) is 0 Å². The molecule has 0 saturated carbocycles. The Labute approximate surface area is 182 Å². The van der Waals surface area contributed by atoms with Gasteiger partial charge in [0, 0.05) is 50.1 Å². The van der Waals surface area contributed by atoms with E-state index in [9.17, 15) is 4.79 Å². The number of carbonyl (C=O) groups is 1. The maximum absolute atomic E-state index is 12.0. The van der Waals surface area contributed by atoms with Gasteiger partial charge in [-0.05, 0) is 30.7 Å². The molecule has 0 fully saturated rings. The molecule has 7 heteroatoms. The number of para-hydroxylation sites is 1. The second-order valence-corrected chi connectivity index (χ2v) is 7.68. The number of oxazole rings is 1. The standard InChI is InChI=1S/C24H27N5O2/c1-16-7-9-17(10-8-16)23-28-19(15-31-23)11-12-26-24(25-2)27-14-18-13-22(30)29-21-6-4-3-5-20(18)21/h3-10,15,18H,11-14H2,1-2H3,(H,29,30)(H2,25,26,27). The number of aliphatic imine (C=N–C) groups is 1. The summed E-state index contributed by atoms with van der Waals surface area (Å²) in [6, 6.07) is 16.1. The molecule has 2 heterocycles.